The van der Waals surface area contributed by atoms with Crippen LogP contribution < -0.4 is 10.9 Å². The van der Waals surface area contributed by atoms with Crippen LogP contribution in [0, 0.1) is 0 Å². The number of aromatic nitrogens is 3. The molecule has 0 bridgehead atoms. The normalized spacial score (nSPS) is 12.4. The largest absolute Gasteiger partial charge is 0.410 e. The van der Waals surface area contributed by atoms with E-state index >= 15 is 0 Å². The maximum atomic E-state index is 12.9. The van der Waals surface area contributed by atoms with Crippen LogP contribution in [0.4, 0.5) is 17.6 Å². The Hall–Kier alpha value is -3.60. The molecule has 3 aromatic rings. The average molecular weight is 436 g/mol. The Bertz CT molecular complexity index is 1120. The fraction of sp³-hybridized carbons (Fsp3) is 0.200. The number of carbonyl (C=O) groups excluding carboxylic acids is 1. The molecule has 1 aromatic carbocycles. The number of amides is 1. The number of alkyl halides is 4. The van der Waals surface area contributed by atoms with Gasteiger partial charge < -0.3 is 10.4 Å². The Morgan fingerprint density at radius 3 is 2.45 bits per heavy atom. The predicted molar refractivity (Wildman–Crippen MR) is 102 cm³/mol. The number of nitrogens with zero attached hydrogens (tertiary/aromatic N) is 3. The number of pyridine rings is 1. The third kappa shape index (κ3) is 4.94. The molecule has 0 saturated heterocycles. The van der Waals surface area contributed by atoms with Crippen molar-refractivity contribution < 1.29 is 27.5 Å². The van der Waals surface area contributed by atoms with Gasteiger partial charge in [0.25, 0.3) is 11.5 Å². The van der Waals surface area contributed by atoms with E-state index < -0.39 is 42.5 Å². The second kappa shape index (κ2) is 9.04. The van der Waals surface area contributed by atoms with E-state index in [0.29, 0.717) is 11.1 Å². The van der Waals surface area contributed by atoms with E-state index in [9.17, 15) is 27.2 Å². The first-order chi connectivity index (χ1) is 14.7. The molecule has 0 aliphatic rings. The smallest absolute Gasteiger partial charge is 0.394 e. The van der Waals surface area contributed by atoms with Gasteiger partial charge in [-0.05, 0) is 23.8 Å². The molecule has 11 heteroatoms. The summed E-state index contributed by atoms with van der Waals surface area (Å²) in [5, 5.41) is 14.8. The van der Waals surface area contributed by atoms with Crippen molar-refractivity contribution in [1.29, 1.82) is 0 Å². The zero-order valence-corrected chi connectivity index (χ0v) is 15.8. The van der Waals surface area contributed by atoms with Crippen molar-refractivity contribution in [3.8, 4) is 16.9 Å². The highest BCUT2D eigenvalue weighted by atomic mass is 19.4. The van der Waals surface area contributed by atoms with Gasteiger partial charge in [0, 0.05) is 11.8 Å². The van der Waals surface area contributed by atoms with E-state index in [4.69, 9.17) is 5.11 Å². The lowest BCUT2D eigenvalue weighted by atomic mass is 10.1. The second-order valence-corrected chi connectivity index (χ2v) is 6.45. The summed E-state index contributed by atoms with van der Waals surface area (Å²) in [5.41, 5.74) is -0.541. The van der Waals surface area contributed by atoms with E-state index in [0.717, 1.165) is 10.7 Å². The highest BCUT2D eigenvalue weighted by Crippen LogP contribution is 2.21. The standard InChI is InChI=1S/C20H16F4N4O3/c21-9-12-3-5-13(6-4-12)16-8-15(18(30)26-17(11-29)20(22,23)24)19(31)28(27-16)14-2-1-7-25-10-14/h1-8,10,17,29H,9,11H2,(H,26,30)/t17-/m1/s1. The number of hydrogen-bond donors (Lipinski definition) is 2. The van der Waals surface area contributed by atoms with E-state index in [2.05, 4.69) is 10.1 Å². The van der Waals surface area contributed by atoms with Crippen molar-refractivity contribution in [2.45, 2.75) is 18.9 Å². The number of rotatable bonds is 6. The molecule has 7 nitrogen and oxygen atoms in total. The third-order valence-electron chi connectivity index (χ3n) is 4.33. The molecule has 1 amide bonds. The summed E-state index contributed by atoms with van der Waals surface area (Å²) in [4.78, 5) is 29.2. The lowest BCUT2D eigenvalue weighted by molar-refractivity contribution is -0.161. The average Bonchev–Trinajstić information content (AvgIpc) is 2.77. The van der Waals surface area contributed by atoms with E-state index in [1.165, 1.54) is 48.8 Å². The Balaban J connectivity index is 2.13. The number of benzene rings is 1. The van der Waals surface area contributed by atoms with Crippen LogP contribution in [0.3, 0.4) is 0 Å². The van der Waals surface area contributed by atoms with Gasteiger partial charge in [0.15, 0.2) is 0 Å². The summed E-state index contributed by atoms with van der Waals surface area (Å²) in [7, 11) is 0. The van der Waals surface area contributed by atoms with E-state index in [-0.39, 0.29) is 11.4 Å². The zero-order valence-electron chi connectivity index (χ0n) is 15.8. The Morgan fingerprint density at radius 2 is 1.90 bits per heavy atom. The molecule has 0 radical (unpaired) electrons. The molecule has 0 saturated carbocycles. The number of nitrogens with one attached hydrogen (secondary N) is 1. The highest BCUT2D eigenvalue weighted by Gasteiger charge is 2.40. The minimum atomic E-state index is -4.91. The van der Waals surface area contributed by atoms with Crippen LogP contribution in [0.25, 0.3) is 16.9 Å². The van der Waals surface area contributed by atoms with Crippen LogP contribution in [0.5, 0.6) is 0 Å². The molecule has 0 aliphatic heterocycles. The SMILES string of the molecule is O=C(N[C@H](CO)C(F)(F)F)c1cc(-c2ccc(CF)cc2)nn(-c2cccnc2)c1=O. The molecule has 3 rings (SSSR count). The molecular weight excluding hydrogens is 420 g/mol. The van der Waals surface area contributed by atoms with Crippen LogP contribution in [0.2, 0.25) is 0 Å². The summed E-state index contributed by atoms with van der Waals surface area (Å²) in [6, 6.07) is 7.44. The maximum Gasteiger partial charge on any atom is 0.410 e. The quantitative estimate of drug-likeness (QED) is 0.579. The fourth-order valence-electron chi connectivity index (χ4n) is 2.68. The van der Waals surface area contributed by atoms with Crippen molar-refractivity contribution in [2.24, 2.45) is 0 Å². The van der Waals surface area contributed by atoms with Gasteiger partial charge in [-0.1, -0.05) is 24.3 Å². The number of carbonyl (C=O) groups is 1. The molecule has 0 aliphatic carbocycles. The Morgan fingerprint density at radius 1 is 1.19 bits per heavy atom. The molecule has 162 valence electrons. The molecule has 2 N–H and O–H groups in total. The van der Waals surface area contributed by atoms with Crippen LogP contribution in [0.15, 0.2) is 59.7 Å². The number of aliphatic hydroxyl groups excluding tert-OH is 1. The van der Waals surface area contributed by atoms with Gasteiger partial charge in [-0.3, -0.25) is 14.6 Å². The van der Waals surface area contributed by atoms with Crippen LogP contribution in [0.1, 0.15) is 15.9 Å². The van der Waals surface area contributed by atoms with Gasteiger partial charge >= 0.3 is 6.18 Å². The summed E-state index contributed by atoms with van der Waals surface area (Å²) in [6.45, 7) is -2.09. The lowest BCUT2D eigenvalue weighted by Gasteiger charge is -2.19. The van der Waals surface area contributed by atoms with Crippen LogP contribution >= 0.6 is 0 Å². The molecular formula is C20H16F4N4O3. The Labute approximate surface area is 173 Å². The van der Waals surface area contributed by atoms with Crippen LogP contribution in [-0.2, 0) is 6.67 Å². The summed E-state index contributed by atoms with van der Waals surface area (Å²) < 4.78 is 52.5. The maximum absolute atomic E-state index is 12.9. The van der Waals surface area contributed by atoms with Crippen molar-refractivity contribution in [3.05, 3.63) is 76.3 Å². The predicted octanol–water partition coefficient (Wildman–Crippen LogP) is 2.42. The van der Waals surface area contributed by atoms with Gasteiger partial charge in [0.2, 0.25) is 0 Å². The van der Waals surface area contributed by atoms with E-state index in [1.54, 1.807) is 5.32 Å². The molecule has 0 spiro atoms. The van der Waals surface area contributed by atoms with Crippen molar-refractivity contribution in [2.75, 3.05) is 6.61 Å². The molecule has 0 unspecified atom stereocenters. The minimum Gasteiger partial charge on any atom is -0.394 e. The fourth-order valence-corrected chi connectivity index (χ4v) is 2.68. The zero-order chi connectivity index (χ0) is 22.6. The molecule has 31 heavy (non-hydrogen) atoms. The summed E-state index contributed by atoms with van der Waals surface area (Å²) >= 11 is 0. The number of aliphatic hydroxyl groups is 1. The first-order valence-corrected chi connectivity index (χ1v) is 8.93. The van der Waals surface area contributed by atoms with Crippen molar-refractivity contribution >= 4 is 5.91 Å². The van der Waals surface area contributed by atoms with Crippen LogP contribution in [-0.4, -0.2) is 44.6 Å². The second-order valence-electron chi connectivity index (χ2n) is 6.45. The highest BCUT2D eigenvalue weighted by molar-refractivity contribution is 5.95. The molecule has 2 aromatic heterocycles. The summed E-state index contributed by atoms with van der Waals surface area (Å²) in [6.07, 6.45) is -2.18. The van der Waals surface area contributed by atoms with Crippen molar-refractivity contribution in [1.82, 2.24) is 20.1 Å². The van der Waals surface area contributed by atoms with Gasteiger partial charge in [0.1, 0.15) is 18.3 Å². The van der Waals surface area contributed by atoms with Gasteiger partial charge in [0.05, 0.1) is 24.2 Å². The molecule has 0 fully saturated rings. The van der Waals surface area contributed by atoms with Gasteiger partial charge in [-0.15, -0.1) is 0 Å². The van der Waals surface area contributed by atoms with E-state index in [1.807, 2.05) is 0 Å². The van der Waals surface area contributed by atoms with Gasteiger partial charge in [-0.2, -0.15) is 23.0 Å². The number of halogens is 4. The summed E-state index contributed by atoms with van der Waals surface area (Å²) in [5.74, 6) is -1.33. The monoisotopic (exact) mass is 436 g/mol. The first-order valence-electron chi connectivity index (χ1n) is 8.93. The lowest BCUT2D eigenvalue weighted by Crippen LogP contribution is -2.49. The topological polar surface area (TPSA) is 97.1 Å². The van der Waals surface area contributed by atoms with Gasteiger partial charge in [-0.25, -0.2) is 4.39 Å². The minimum absolute atomic E-state index is 0.0894. The molecule has 1 atom stereocenters. The van der Waals surface area contributed by atoms with Crippen molar-refractivity contribution in [3.63, 3.8) is 0 Å². The Kier molecular flexibility index (Phi) is 6.44. The molecule has 2 heterocycles. The first kappa shape index (κ1) is 22.1. The third-order valence-corrected chi connectivity index (χ3v) is 4.33. The number of hydrogen-bond acceptors (Lipinski definition) is 5.